The van der Waals surface area contributed by atoms with Crippen LogP contribution in [0.5, 0.6) is 0 Å². The van der Waals surface area contributed by atoms with Gasteiger partial charge in [-0.3, -0.25) is 4.79 Å². The number of hydrogen-bond donors (Lipinski definition) is 1. The molecule has 2 rings (SSSR count). The van der Waals surface area contributed by atoms with Crippen molar-refractivity contribution in [1.29, 1.82) is 0 Å². The SMILES string of the molecule is Cc1ccc(C(=O)OCC(=O)Nc2ccc(Br)cc2F)cc1. The number of esters is 1. The first kappa shape index (κ1) is 16.2. The number of ether oxygens (including phenoxy) is 1. The first-order chi connectivity index (χ1) is 10.5. The Kier molecular flexibility index (Phi) is 5.27. The van der Waals surface area contributed by atoms with E-state index in [1.54, 1.807) is 30.3 Å². The summed E-state index contributed by atoms with van der Waals surface area (Å²) in [7, 11) is 0. The van der Waals surface area contributed by atoms with E-state index in [1.807, 2.05) is 6.92 Å². The normalized spacial score (nSPS) is 10.1. The lowest BCUT2D eigenvalue weighted by molar-refractivity contribution is -0.119. The largest absolute Gasteiger partial charge is 0.452 e. The Morgan fingerprint density at radius 1 is 1.18 bits per heavy atom. The molecule has 0 heterocycles. The van der Waals surface area contributed by atoms with E-state index in [1.165, 1.54) is 12.1 Å². The molecule has 0 aliphatic heterocycles. The molecule has 4 nitrogen and oxygen atoms in total. The van der Waals surface area contributed by atoms with E-state index in [0.29, 0.717) is 10.0 Å². The number of nitrogens with one attached hydrogen (secondary N) is 1. The van der Waals surface area contributed by atoms with E-state index in [-0.39, 0.29) is 5.69 Å². The highest BCUT2D eigenvalue weighted by Crippen LogP contribution is 2.19. The summed E-state index contributed by atoms with van der Waals surface area (Å²) >= 11 is 3.12. The predicted octanol–water partition coefficient (Wildman–Crippen LogP) is 3.69. The maximum absolute atomic E-state index is 13.6. The molecule has 0 spiro atoms. The van der Waals surface area contributed by atoms with Crippen molar-refractivity contribution in [3.8, 4) is 0 Å². The third-order valence-electron chi connectivity index (χ3n) is 2.83. The van der Waals surface area contributed by atoms with Gasteiger partial charge in [0, 0.05) is 4.47 Å². The zero-order valence-corrected chi connectivity index (χ0v) is 13.3. The number of carbonyl (C=O) groups is 2. The lowest BCUT2D eigenvalue weighted by atomic mass is 10.1. The van der Waals surface area contributed by atoms with Gasteiger partial charge in [-0.25, -0.2) is 9.18 Å². The van der Waals surface area contributed by atoms with Crippen LogP contribution in [0.3, 0.4) is 0 Å². The molecule has 0 unspecified atom stereocenters. The minimum Gasteiger partial charge on any atom is -0.452 e. The lowest BCUT2D eigenvalue weighted by Gasteiger charge is -2.08. The molecule has 0 aromatic heterocycles. The number of anilines is 1. The fourth-order valence-corrected chi connectivity index (χ4v) is 2.01. The van der Waals surface area contributed by atoms with Crippen LogP contribution in [0, 0.1) is 12.7 Å². The molecule has 0 aliphatic carbocycles. The second-order valence-electron chi connectivity index (χ2n) is 4.61. The second kappa shape index (κ2) is 7.17. The van der Waals surface area contributed by atoms with Crippen molar-refractivity contribution in [2.24, 2.45) is 0 Å². The van der Waals surface area contributed by atoms with Crippen LogP contribution in [0.15, 0.2) is 46.9 Å². The molecule has 1 N–H and O–H groups in total. The third kappa shape index (κ3) is 4.39. The molecule has 2 aromatic carbocycles. The molecule has 0 saturated carbocycles. The summed E-state index contributed by atoms with van der Waals surface area (Å²) in [5.74, 6) is -1.79. The minimum atomic E-state index is -0.610. The molecule has 0 aliphatic rings. The van der Waals surface area contributed by atoms with Crippen LogP contribution < -0.4 is 5.32 Å². The number of amides is 1. The zero-order valence-electron chi connectivity index (χ0n) is 11.7. The summed E-state index contributed by atoms with van der Waals surface area (Å²) in [5.41, 5.74) is 1.40. The number of hydrogen-bond acceptors (Lipinski definition) is 3. The summed E-state index contributed by atoms with van der Waals surface area (Å²) in [6.07, 6.45) is 0. The van der Waals surface area contributed by atoms with Crippen molar-refractivity contribution in [2.75, 3.05) is 11.9 Å². The topological polar surface area (TPSA) is 55.4 Å². The molecule has 22 heavy (non-hydrogen) atoms. The zero-order chi connectivity index (χ0) is 16.1. The number of benzene rings is 2. The quantitative estimate of drug-likeness (QED) is 0.840. The van der Waals surface area contributed by atoms with Gasteiger partial charge in [-0.05, 0) is 37.3 Å². The number of aryl methyl sites for hydroxylation is 1. The number of rotatable bonds is 4. The average molecular weight is 366 g/mol. The molecule has 0 bridgehead atoms. The van der Waals surface area contributed by atoms with Gasteiger partial charge < -0.3 is 10.1 Å². The fourth-order valence-electron chi connectivity index (χ4n) is 1.68. The van der Waals surface area contributed by atoms with Gasteiger partial charge in [-0.2, -0.15) is 0 Å². The van der Waals surface area contributed by atoms with Crippen LogP contribution in [0.1, 0.15) is 15.9 Å². The van der Waals surface area contributed by atoms with Crippen LogP contribution >= 0.6 is 15.9 Å². The highest BCUT2D eigenvalue weighted by atomic mass is 79.9. The van der Waals surface area contributed by atoms with Gasteiger partial charge >= 0.3 is 5.97 Å². The van der Waals surface area contributed by atoms with Crippen molar-refractivity contribution in [2.45, 2.75) is 6.92 Å². The molecule has 114 valence electrons. The van der Waals surface area contributed by atoms with Gasteiger partial charge in [0.1, 0.15) is 5.82 Å². The van der Waals surface area contributed by atoms with Crippen LogP contribution in [0.25, 0.3) is 0 Å². The summed E-state index contributed by atoms with van der Waals surface area (Å²) in [4.78, 5) is 23.4. The highest BCUT2D eigenvalue weighted by molar-refractivity contribution is 9.10. The molecular weight excluding hydrogens is 353 g/mol. The molecule has 6 heteroatoms. The molecule has 0 fully saturated rings. The average Bonchev–Trinajstić information content (AvgIpc) is 2.48. The van der Waals surface area contributed by atoms with E-state index in [2.05, 4.69) is 21.2 Å². The third-order valence-corrected chi connectivity index (χ3v) is 3.32. The van der Waals surface area contributed by atoms with E-state index in [0.717, 1.165) is 5.56 Å². The number of halogens is 2. The molecule has 0 radical (unpaired) electrons. The van der Waals surface area contributed by atoms with E-state index in [9.17, 15) is 14.0 Å². The summed E-state index contributed by atoms with van der Waals surface area (Å²) < 4.78 is 19.0. The van der Waals surface area contributed by atoms with E-state index < -0.39 is 24.3 Å². The Balaban J connectivity index is 1.89. The van der Waals surface area contributed by atoms with E-state index in [4.69, 9.17) is 4.74 Å². The molecular formula is C16H13BrFNO3. The number of carbonyl (C=O) groups excluding carboxylic acids is 2. The smallest absolute Gasteiger partial charge is 0.338 e. The predicted molar refractivity (Wildman–Crippen MR) is 84.2 cm³/mol. The van der Waals surface area contributed by atoms with Crippen LogP contribution in [0.4, 0.5) is 10.1 Å². The molecule has 2 aromatic rings. The Morgan fingerprint density at radius 2 is 1.86 bits per heavy atom. The highest BCUT2D eigenvalue weighted by Gasteiger charge is 2.12. The van der Waals surface area contributed by atoms with Crippen molar-refractivity contribution >= 4 is 33.5 Å². The van der Waals surface area contributed by atoms with Crippen molar-refractivity contribution < 1.29 is 18.7 Å². The minimum absolute atomic E-state index is 0.0274. The maximum Gasteiger partial charge on any atom is 0.338 e. The Bertz CT molecular complexity index is 701. The fraction of sp³-hybridized carbons (Fsp3) is 0.125. The first-order valence-electron chi connectivity index (χ1n) is 6.44. The van der Waals surface area contributed by atoms with Gasteiger partial charge in [0.05, 0.1) is 11.3 Å². The Morgan fingerprint density at radius 3 is 2.50 bits per heavy atom. The molecule has 0 atom stereocenters. The summed E-state index contributed by atoms with van der Waals surface area (Å²) in [5, 5.41) is 2.34. The van der Waals surface area contributed by atoms with E-state index >= 15 is 0 Å². The maximum atomic E-state index is 13.6. The van der Waals surface area contributed by atoms with Crippen LogP contribution in [-0.2, 0) is 9.53 Å². The van der Waals surface area contributed by atoms with Crippen LogP contribution in [0.2, 0.25) is 0 Å². The van der Waals surface area contributed by atoms with Crippen LogP contribution in [-0.4, -0.2) is 18.5 Å². The molecule has 0 saturated heterocycles. The van der Waals surface area contributed by atoms with Gasteiger partial charge in [-0.15, -0.1) is 0 Å². The lowest BCUT2D eigenvalue weighted by Crippen LogP contribution is -2.21. The summed E-state index contributed by atoms with van der Waals surface area (Å²) in [6.45, 7) is 1.41. The summed E-state index contributed by atoms with van der Waals surface area (Å²) in [6, 6.07) is 11.0. The van der Waals surface area contributed by atoms with Crippen molar-refractivity contribution in [3.05, 3.63) is 63.9 Å². The van der Waals surface area contributed by atoms with Crippen molar-refractivity contribution in [1.82, 2.24) is 0 Å². The Labute approximate surface area is 135 Å². The van der Waals surface area contributed by atoms with Gasteiger partial charge in [0.25, 0.3) is 5.91 Å². The monoisotopic (exact) mass is 365 g/mol. The standard InChI is InChI=1S/C16H13BrFNO3/c1-10-2-4-11(5-3-10)16(21)22-9-15(20)19-14-7-6-12(17)8-13(14)18/h2-8H,9H2,1H3,(H,19,20). The Hall–Kier alpha value is -2.21. The van der Waals surface area contributed by atoms with Gasteiger partial charge in [0.15, 0.2) is 6.61 Å². The first-order valence-corrected chi connectivity index (χ1v) is 7.23. The second-order valence-corrected chi connectivity index (χ2v) is 5.53. The molecule has 1 amide bonds. The van der Waals surface area contributed by atoms with Crippen molar-refractivity contribution in [3.63, 3.8) is 0 Å². The van der Waals surface area contributed by atoms with Gasteiger partial charge in [-0.1, -0.05) is 33.6 Å². The van der Waals surface area contributed by atoms with Gasteiger partial charge in [0.2, 0.25) is 0 Å².